The molecule has 0 N–H and O–H groups in total. The SMILES string of the molecule is COc1cc(C=CC(=O)c2ccc(F)cc2)ccc1SC. The Bertz CT molecular complexity index is 663. The van der Waals surface area contributed by atoms with Gasteiger partial charge in [-0.25, -0.2) is 4.39 Å². The van der Waals surface area contributed by atoms with Gasteiger partial charge in [-0.15, -0.1) is 11.8 Å². The zero-order valence-corrected chi connectivity index (χ0v) is 12.6. The molecule has 0 saturated carbocycles. The molecule has 0 aliphatic carbocycles. The summed E-state index contributed by atoms with van der Waals surface area (Å²) in [5.41, 5.74) is 1.33. The van der Waals surface area contributed by atoms with Crippen molar-refractivity contribution in [1.29, 1.82) is 0 Å². The number of thioether (sulfide) groups is 1. The van der Waals surface area contributed by atoms with Crippen LogP contribution in [0.25, 0.3) is 6.08 Å². The van der Waals surface area contributed by atoms with E-state index in [2.05, 4.69) is 0 Å². The minimum Gasteiger partial charge on any atom is -0.496 e. The molecule has 108 valence electrons. The first-order valence-corrected chi connectivity index (χ1v) is 7.56. The monoisotopic (exact) mass is 302 g/mol. The molecule has 0 bridgehead atoms. The molecule has 0 unspecified atom stereocenters. The van der Waals surface area contributed by atoms with Crippen molar-refractivity contribution in [3.05, 3.63) is 65.5 Å². The van der Waals surface area contributed by atoms with Crippen molar-refractivity contribution >= 4 is 23.6 Å². The predicted molar refractivity (Wildman–Crippen MR) is 84.5 cm³/mol. The fraction of sp³-hybridized carbons (Fsp3) is 0.118. The Hall–Kier alpha value is -2.07. The van der Waals surface area contributed by atoms with Crippen molar-refractivity contribution in [1.82, 2.24) is 0 Å². The molecule has 0 heterocycles. The van der Waals surface area contributed by atoms with Crippen molar-refractivity contribution in [2.45, 2.75) is 4.90 Å². The first-order valence-electron chi connectivity index (χ1n) is 6.34. The van der Waals surface area contributed by atoms with Crippen molar-refractivity contribution in [3.63, 3.8) is 0 Å². The summed E-state index contributed by atoms with van der Waals surface area (Å²) in [6.07, 6.45) is 5.17. The molecule has 0 atom stereocenters. The van der Waals surface area contributed by atoms with Gasteiger partial charge in [-0.05, 0) is 54.3 Å². The molecule has 0 radical (unpaired) electrons. The van der Waals surface area contributed by atoms with Gasteiger partial charge in [0.2, 0.25) is 0 Å². The number of allylic oxidation sites excluding steroid dienone is 1. The van der Waals surface area contributed by atoms with Crippen LogP contribution >= 0.6 is 11.8 Å². The molecule has 0 aliphatic heterocycles. The quantitative estimate of drug-likeness (QED) is 0.463. The van der Waals surface area contributed by atoms with E-state index >= 15 is 0 Å². The highest BCUT2D eigenvalue weighted by atomic mass is 32.2. The van der Waals surface area contributed by atoms with Crippen LogP contribution in [0, 0.1) is 5.82 Å². The number of ketones is 1. The largest absolute Gasteiger partial charge is 0.496 e. The second-order valence-electron chi connectivity index (χ2n) is 4.32. The van der Waals surface area contributed by atoms with Gasteiger partial charge in [0.05, 0.1) is 7.11 Å². The molecule has 0 amide bonds. The van der Waals surface area contributed by atoms with E-state index in [-0.39, 0.29) is 11.6 Å². The maximum absolute atomic E-state index is 12.8. The summed E-state index contributed by atoms with van der Waals surface area (Å²) in [6.45, 7) is 0. The Morgan fingerprint density at radius 1 is 1.19 bits per heavy atom. The highest BCUT2D eigenvalue weighted by molar-refractivity contribution is 7.98. The molecule has 0 aliphatic rings. The molecule has 0 aromatic heterocycles. The smallest absolute Gasteiger partial charge is 0.185 e. The number of carbonyl (C=O) groups excluding carboxylic acids is 1. The summed E-state index contributed by atoms with van der Waals surface area (Å²) >= 11 is 1.60. The third kappa shape index (κ3) is 3.95. The van der Waals surface area contributed by atoms with Gasteiger partial charge in [-0.2, -0.15) is 0 Å². The Morgan fingerprint density at radius 2 is 1.90 bits per heavy atom. The highest BCUT2D eigenvalue weighted by Gasteiger charge is 2.04. The standard InChI is InChI=1S/C17H15FO2S/c1-20-16-11-12(4-10-17(16)21-2)3-9-15(19)13-5-7-14(18)8-6-13/h3-11H,1-2H3. The van der Waals surface area contributed by atoms with Gasteiger partial charge in [0.25, 0.3) is 0 Å². The Balaban J connectivity index is 2.17. The molecule has 0 spiro atoms. The van der Waals surface area contributed by atoms with Crippen LogP contribution in [0.1, 0.15) is 15.9 Å². The van der Waals surface area contributed by atoms with Gasteiger partial charge in [0, 0.05) is 10.5 Å². The minimum absolute atomic E-state index is 0.164. The van der Waals surface area contributed by atoms with Crippen molar-refractivity contribution < 1.29 is 13.9 Å². The predicted octanol–water partition coefficient (Wildman–Crippen LogP) is 4.45. The Kier molecular flexibility index (Phi) is 5.17. The summed E-state index contributed by atoms with van der Waals surface area (Å²) in [5, 5.41) is 0. The normalized spacial score (nSPS) is 10.8. The number of rotatable bonds is 5. The fourth-order valence-corrected chi connectivity index (χ4v) is 2.39. The van der Waals surface area contributed by atoms with Crippen LogP contribution in [0.15, 0.2) is 53.4 Å². The third-order valence-electron chi connectivity index (χ3n) is 2.96. The molecule has 2 aromatic rings. The van der Waals surface area contributed by atoms with Crippen molar-refractivity contribution in [2.75, 3.05) is 13.4 Å². The lowest BCUT2D eigenvalue weighted by Crippen LogP contribution is -1.94. The van der Waals surface area contributed by atoms with E-state index in [1.165, 1.54) is 30.3 Å². The fourth-order valence-electron chi connectivity index (χ4n) is 1.84. The van der Waals surface area contributed by atoms with Crippen LogP contribution in [0.5, 0.6) is 5.75 Å². The topological polar surface area (TPSA) is 26.3 Å². The van der Waals surface area contributed by atoms with Crippen LogP contribution in [0.3, 0.4) is 0 Å². The van der Waals surface area contributed by atoms with Gasteiger partial charge in [0.15, 0.2) is 5.78 Å². The molecular formula is C17H15FO2S. The highest BCUT2D eigenvalue weighted by Crippen LogP contribution is 2.28. The zero-order chi connectivity index (χ0) is 15.2. The second-order valence-corrected chi connectivity index (χ2v) is 5.17. The molecule has 2 aromatic carbocycles. The van der Waals surface area contributed by atoms with Crippen LogP contribution in [-0.2, 0) is 0 Å². The lowest BCUT2D eigenvalue weighted by atomic mass is 10.1. The average Bonchev–Trinajstić information content (AvgIpc) is 2.52. The average molecular weight is 302 g/mol. The van der Waals surface area contributed by atoms with E-state index in [0.29, 0.717) is 5.56 Å². The molecule has 0 fully saturated rings. The maximum Gasteiger partial charge on any atom is 0.185 e. The number of carbonyl (C=O) groups is 1. The van der Waals surface area contributed by atoms with Gasteiger partial charge >= 0.3 is 0 Å². The van der Waals surface area contributed by atoms with E-state index in [1.807, 2.05) is 24.5 Å². The number of methoxy groups -OCH3 is 1. The number of benzene rings is 2. The van der Waals surface area contributed by atoms with E-state index in [9.17, 15) is 9.18 Å². The van der Waals surface area contributed by atoms with Gasteiger partial charge in [-0.3, -0.25) is 4.79 Å². The molecule has 0 saturated heterocycles. The van der Waals surface area contributed by atoms with Crippen LogP contribution < -0.4 is 4.74 Å². The van der Waals surface area contributed by atoms with Gasteiger partial charge in [-0.1, -0.05) is 12.1 Å². The number of hydrogen-bond donors (Lipinski definition) is 0. The Labute approximate surface area is 127 Å². The lowest BCUT2D eigenvalue weighted by Gasteiger charge is -2.06. The van der Waals surface area contributed by atoms with E-state index < -0.39 is 0 Å². The van der Waals surface area contributed by atoms with E-state index in [0.717, 1.165) is 16.2 Å². The summed E-state index contributed by atoms with van der Waals surface area (Å²) in [7, 11) is 1.62. The van der Waals surface area contributed by atoms with E-state index in [1.54, 1.807) is 24.9 Å². The summed E-state index contributed by atoms with van der Waals surface area (Å²) in [5.74, 6) is 0.259. The summed E-state index contributed by atoms with van der Waals surface area (Å²) in [6, 6.07) is 11.2. The van der Waals surface area contributed by atoms with Crippen molar-refractivity contribution in [2.24, 2.45) is 0 Å². The molecule has 21 heavy (non-hydrogen) atoms. The molecule has 2 nitrogen and oxygen atoms in total. The first-order chi connectivity index (χ1) is 10.1. The summed E-state index contributed by atoms with van der Waals surface area (Å²) < 4.78 is 18.1. The molecule has 4 heteroatoms. The van der Waals surface area contributed by atoms with Crippen LogP contribution in [0.4, 0.5) is 4.39 Å². The van der Waals surface area contributed by atoms with E-state index in [4.69, 9.17) is 4.74 Å². The Morgan fingerprint density at radius 3 is 2.52 bits per heavy atom. The summed E-state index contributed by atoms with van der Waals surface area (Å²) in [4.78, 5) is 13.0. The lowest BCUT2D eigenvalue weighted by molar-refractivity contribution is 0.104. The zero-order valence-electron chi connectivity index (χ0n) is 11.8. The third-order valence-corrected chi connectivity index (χ3v) is 3.74. The van der Waals surface area contributed by atoms with Crippen LogP contribution in [0.2, 0.25) is 0 Å². The second kappa shape index (κ2) is 7.09. The number of hydrogen-bond acceptors (Lipinski definition) is 3. The van der Waals surface area contributed by atoms with Crippen LogP contribution in [-0.4, -0.2) is 19.1 Å². The minimum atomic E-state index is -0.354. The number of ether oxygens (including phenoxy) is 1. The maximum atomic E-state index is 12.8. The van der Waals surface area contributed by atoms with Gasteiger partial charge < -0.3 is 4.74 Å². The first kappa shape index (κ1) is 15.3. The number of halogens is 1. The van der Waals surface area contributed by atoms with Gasteiger partial charge in [0.1, 0.15) is 11.6 Å². The molecular weight excluding hydrogens is 287 g/mol. The molecule has 2 rings (SSSR count). The van der Waals surface area contributed by atoms with Crippen molar-refractivity contribution in [3.8, 4) is 5.75 Å².